The summed E-state index contributed by atoms with van der Waals surface area (Å²) in [5, 5.41) is 2.79. The second kappa shape index (κ2) is 7.41. The summed E-state index contributed by atoms with van der Waals surface area (Å²) < 4.78 is 0. The van der Waals surface area contributed by atoms with Crippen LogP contribution in [-0.4, -0.2) is 22.5 Å². The van der Waals surface area contributed by atoms with Crippen molar-refractivity contribution in [1.82, 2.24) is 4.98 Å². The summed E-state index contributed by atoms with van der Waals surface area (Å²) in [6.07, 6.45) is 0. The minimum Gasteiger partial charge on any atom is -0.354 e. The van der Waals surface area contributed by atoms with Gasteiger partial charge < -0.3 is 10.3 Å². The number of hydrogen-bond acceptors (Lipinski definition) is 3. The molecule has 0 aliphatic rings. The first-order valence-electron chi connectivity index (χ1n) is 8.59. The Morgan fingerprint density at radius 3 is 2.19 bits per heavy atom. The molecule has 0 radical (unpaired) electrons. The van der Waals surface area contributed by atoms with Crippen molar-refractivity contribution >= 4 is 23.2 Å². The molecule has 1 amide bonds. The zero-order valence-corrected chi connectivity index (χ0v) is 15.4. The standard InChI is InChI=1S/C22H20N2O3/c1-13-19(15(3)25)14(2)23-20(13)22(27)24-18-11-7-10-17(12-18)21(26)16-8-5-4-6-9-16/h4-12,23H,1-3H3,(H,24,27). The van der Waals surface area contributed by atoms with Crippen molar-refractivity contribution in [3.63, 3.8) is 0 Å². The molecule has 0 spiro atoms. The monoisotopic (exact) mass is 360 g/mol. The normalized spacial score (nSPS) is 10.5. The molecule has 3 rings (SSSR count). The highest BCUT2D eigenvalue weighted by Gasteiger charge is 2.20. The smallest absolute Gasteiger partial charge is 0.272 e. The Balaban J connectivity index is 1.85. The van der Waals surface area contributed by atoms with Gasteiger partial charge in [-0.15, -0.1) is 0 Å². The minimum atomic E-state index is -0.354. The maximum Gasteiger partial charge on any atom is 0.272 e. The van der Waals surface area contributed by atoms with E-state index in [0.29, 0.717) is 39.3 Å². The van der Waals surface area contributed by atoms with Gasteiger partial charge in [-0.3, -0.25) is 14.4 Å². The number of hydrogen-bond donors (Lipinski definition) is 2. The van der Waals surface area contributed by atoms with E-state index in [1.807, 2.05) is 18.2 Å². The van der Waals surface area contributed by atoms with Crippen LogP contribution < -0.4 is 5.32 Å². The van der Waals surface area contributed by atoms with Crippen molar-refractivity contribution < 1.29 is 14.4 Å². The summed E-state index contributed by atoms with van der Waals surface area (Å²) in [7, 11) is 0. The molecule has 2 aromatic carbocycles. The number of rotatable bonds is 5. The van der Waals surface area contributed by atoms with E-state index in [-0.39, 0.29) is 17.5 Å². The summed E-state index contributed by atoms with van der Waals surface area (Å²) in [4.78, 5) is 39.9. The van der Waals surface area contributed by atoms with Crippen molar-refractivity contribution in [1.29, 1.82) is 0 Å². The number of ketones is 2. The largest absolute Gasteiger partial charge is 0.354 e. The molecular weight excluding hydrogens is 340 g/mol. The number of amides is 1. The zero-order valence-electron chi connectivity index (χ0n) is 15.4. The summed E-state index contributed by atoms with van der Waals surface area (Å²) in [6, 6.07) is 15.8. The molecular formula is C22H20N2O3. The average molecular weight is 360 g/mol. The second-order valence-corrected chi connectivity index (χ2v) is 6.41. The highest BCUT2D eigenvalue weighted by molar-refractivity contribution is 6.11. The molecule has 0 saturated carbocycles. The van der Waals surface area contributed by atoms with E-state index in [2.05, 4.69) is 10.3 Å². The Morgan fingerprint density at radius 2 is 1.56 bits per heavy atom. The fourth-order valence-electron chi connectivity index (χ4n) is 3.19. The van der Waals surface area contributed by atoms with E-state index in [9.17, 15) is 14.4 Å². The van der Waals surface area contributed by atoms with E-state index in [4.69, 9.17) is 0 Å². The molecule has 1 aromatic heterocycles. The van der Waals surface area contributed by atoms with Gasteiger partial charge in [-0.1, -0.05) is 42.5 Å². The van der Waals surface area contributed by atoms with Crippen LogP contribution in [-0.2, 0) is 0 Å². The molecule has 5 heteroatoms. The predicted octanol–water partition coefficient (Wildman–Crippen LogP) is 4.32. The van der Waals surface area contributed by atoms with Crippen molar-refractivity contribution in [2.24, 2.45) is 0 Å². The van der Waals surface area contributed by atoms with Gasteiger partial charge in [0, 0.05) is 28.1 Å². The van der Waals surface area contributed by atoms with E-state index >= 15 is 0 Å². The lowest BCUT2D eigenvalue weighted by Gasteiger charge is -2.07. The van der Waals surface area contributed by atoms with Crippen LogP contribution in [0.5, 0.6) is 0 Å². The topological polar surface area (TPSA) is 79.0 Å². The van der Waals surface area contributed by atoms with Crippen molar-refractivity contribution in [2.75, 3.05) is 5.32 Å². The summed E-state index contributed by atoms with van der Waals surface area (Å²) in [5.41, 5.74) is 3.75. The molecule has 0 saturated heterocycles. The zero-order chi connectivity index (χ0) is 19.6. The van der Waals surface area contributed by atoms with Gasteiger partial charge in [0.2, 0.25) is 0 Å². The molecule has 5 nitrogen and oxygen atoms in total. The predicted molar refractivity (Wildman–Crippen MR) is 105 cm³/mol. The number of nitrogens with one attached hydrogen (secondary N) is 2. The number of H-pyrrole nitrogens is 1. The Labute approximate surface area is 157 Å². The highest BCUT2D eigenvalue weighted by atomic mass is 16.2. The van der Waals surface area contributed by atoms with Crippen molar-refractivity contribution in [3.8, 4) is 0 Å². The Morgan fingerprint density at radius 1 is 0.889 bits per heavy atom. The number of carbonyl (C=O) groups excluding carboxylic acids is 3. The second-order valence-electron chi connectivity index (χ2n) is 6.41. The molecule has 0 aliphatic carbocycles. The Hall–Kier alpha value is -3.47. The lowest BCUT2D eigenvalue weighted by Crippen LogP contribution is -2.14. The van der Waals surface area contributed by atoms with Crippen LogP contribution >= 0.6 is 0 Å². The third-order valence-electron chi connectivity index (χ3n) is 4.44. The molecule has 0 unspecified atom stereocenters. The van der Waals surface area contributed by atoms with Crippen LogP contribution in [0.4, 0.5) is 5.69 Å². The quantitative estimate of drug-likeness (QED) is 0.665. The van der Waals surface area contributed by atoms with Crippen LogP contribution in [0.2, 0.25) is 0 Å². The fourth-order valence-corrected chi connectivity index (χ4v) is 3.19. The van der Waals surface area contributed by atoms with Crippen LogP contribution in [0.15, 0.2) is 54.6 Å². The summed E-state index contributed by atoms with van der Waals surface area (Å²) in [6.45, 7) is 4.98. The molecule has 1 heterocycles. The SMILES string of the molecule is CC(=O)c1c(C)[nH]c(C(=O)Nc2cccc(C(=O)c3ccccc3)c2)c1C. The molecule has 0 bridgehead atoms. The number of anilines is 1. The van der Waals surface area contributed by atoms with E-state index in [0.717, 1.165) is 0 Å². The number of benzene rings is 2. The van der Waals surface area contributed by atoms with E-state index in [1.54, 1.807) is 50.2 Å². The highest BCUT2D eigenvalue weighted by Crippen LogP contribution is 2.21. The van der Waals surface area contributed by atoms with Gasteiger partial charge >= 0.3 is 0 Å². The van der Waals surface area contributed by atoms with Gasteiger partial charge in [0.05, 0.1) is 0 Å². The maximum absolute atomic E-state index is 12.6. The molecule has 0 fully saturated rings. The van der Waals surface area contributed by atoms with Crippen molar-refractivity contribution in [3.05, 3.63) is 88.2 Å². The van der Waals surface area contributed by atoms with Crippen LogP contribution in [0.1, 0.15) is 54.9 Å². The third kappa shape index (κ3) is 3.72. The van der Waals surface area contributed by atoms with E-state index < -0.39 is 0 Å². The molecule has 2 N–H and O–H groups in total. The number of aryl methyl sites for hydroxylation is 1. The Kier molecular flexibility index (Phi) is 5.03. The van der Waals surface area contributed by atoms with Gasteiger partial charge in [-0.05, 0) is 38.5 Å². The number of carbonyl (C=O) groups is 3. The van der Waals surface area contributed by atoms with Crippen LogP contribution in [0, 0.1) is 13.8 Å². The maximum atomic E-state index is 12.6. The molecule has 136 valence electrons. The van der Waals surface area contributed by atoms with Crippen molar-refractivity contribution in [2.45, 2.75) is 20.8 Å². The molecule has 0 atom stereocenters. The number of aromatic nitrogens is 1. The van der Waals surface area contributed by atoms with Gasteiger partial charge in [0.15, 0.2) is 11.6 Å². The first kappa shape index (κ1) is 18.3. The van der Waals surface area contributed by atoms with Crippen LogP contribution in [0.3, 0.4) is 0 Å². The molecule has 0 aliphatic heterocycles. The lowest BCUT2D eigenvalue weighted by atomic mass is 10.0. The molecule has 3 aromatic rings. The number of Topliss-reactive ketones (excluding diaryl/α,β-unsaturated/α-hetero) is 1. The minimum absolute atomic E-state index is 0.0873. The van der Waals surface area contributed by atoms with Gasteiger partial charge in [0.1, 0.15) is 5.69 Å². The average Bonchev–Trinajstić information content (AvgIpc) is 2.96. The summed E-state index contributed by atoms with van der Waals surface area (Å²) >= 11 is 0. The summed E-state index contributed by atoms with van der Waals surface area (Å²) in [5.74, 6) is -0.555. The fraction of sp³-hybridized carbons (Fsp3) is 0.136. The first-order chi connectivity index (χ1) is 12.9. The van der Waals surface area contributed by atoms with Crippen LogP contribution in [0.25, 0.3) is 0 Å². The lowest BCUT2D eigenvalue weighted by molar-refractivity contribution is 0.101. The molecule has 27 heavy (non-hydrogen) atoms. The van der Waals surface area contributed by atoms with Gasteiger partial charge in [-0.25, -0.2) is 0 Å². The van der Waals surface area contributed by atoms with Gasteiger partial charge in [-0.2, -0.15) is 0 Å². The van der Waals surface area contributed by atoms with E-state index in [1.165, 1.54) is 6.92 Å². The number of aromatic amines is 1. The van der Waals surface area contributed by atoms with Gasteiger partial charge in [0.25, 0.3) is 5.91 Å². The third-order valence-corrected chi connectivity index (χ3v) is 4.44. The Bertz CT molecular complexity index is 1030. The first-order valence-corrected chi connectivity index (χ1v) is 8.59.